The van der Waals surface area contributed by atoms with Crippen molar-refractivity contribution in [1.29, 1.82) is 0 Å². The minimum absolute atomic E-state index is 0.0247. The van der Waals surface area contributed by atoms with Gasteiger partial charge in [-0.05, 0) is 32.4 Å². The van der Waals surface area contributed by atoms with E-state index in [2.05, 4.69) is 22.9 Å². The largest absolute Gasteiger partial charge is 0.365 e. The summed E-state index contributed by atoms with van der Waals surface area (Å²) in [5, 5.41) is 30.1. The van der Waals surface area contributed by atoms with Crippen molar-refractivity contribution in [2.75, 3.05) is 25.9 Å². The highest BCUT2D eigenvalue weighted by atomic mass is 32.2. The van der Waals surface area contributed by atoms with Crippen molar-refractivity contribution in [3.63, 3.8) is 0 Å². The number of carbonyl (C=O) groups excluding carboxylic acids is 3. The summed E-state index contributed by atoms with van der Waals surface area (Å²) < 4.78 is 0. The van der Waals surface area contributed by atoms with Crippen LogP contribution in [0.2, 0.25) is 0 Å². The molecule has 37 heavy (non-hydrogen) atoms. The molecule has 11 nitrogen and oxygen atoms in total. The van der Waals surface area contributed by atoms with Gasteiger partial charge in [-0.15, -0.1) is 0 Å². The van der Waals surface area contributed by atoms with Crippen LogP contribution in [0.3, 0.4) is 0 Å². The summed E-state index contributed by atoms with van der Waals surface area (Å²) in [4.78, 5) is 49.7. The molecule has 0 aliphatic carbocycles. The molecule has 1 aromatic rings. The van der Waals surface area contributed by atoms with Crippen molar-refractivity contribution in [3.05, 3.63) is 39.9 Å². The zero-order valence-electron chi connectivity index (χ0n) is 21.4. The summed E-state index contributed by atoms with van der Waals surface area (Å²) in [7, 11) is 1.90. The fraction of sp³-hybridized carbons (Fsp3) is 0.640. The van der Waals surface area contributed by atoms with Crippen molar-refractivity contribution >= 4 is 35.0 Å². The van der Waals surface area contributed by atoms with Crippen LogP contribution in [-0.4, -0.2) is 82.1 Å². The molecule has 3 rings (SSSR count). The minimum Gasteiger partial charge on any atom is -0.365 e. The van der Waals surface area contributed by atoms with Crippen LogP contribution >= 0.6 is 11.8 Å². The van der Waals surface area contributed by atoms with Crippen LogP contribution in [0.5, 0.6) is 0 Å². The van der Waals surface area contributed by atoms with Gasteiger partial charge in [-0.1, -0.05) is 31.9 Å². The quantitative estimate of drug-likeness (QED) is 0.120. The lowest BCUT2D eigenvalue weighted by atomic mass is 9.91. The summed E-state index contributed by atoms with van der Waals surface area (Å²) in [5.74, 6) is 0.00464. The molecule has 5 unspecified atom stereocenters. The maximum Gasteiger partial charge on any atom is 0.280 e. The lowest BCUT2D eigenvalue weighted by Gasteiger charge is -2.26. The first-order valence-corrected chi connectivity index (χ1v) is 13.9. The lowest BCUT2D eigenvalue weighted by Crippen LogP contribution is -2.46. The summed E-state index contributed by atoms with van der Waals surface area (Å²) in [6.45, 7) is 2.31. The highest BCUT2D eigenvalue weighted by Crippen LogP contribution is 2.39. The van der Waals surface area contributed by atoms with Gasteiger partial charge in [0.05, 0.1) is 22.9 Å². The molecule has 1 aromatic carbocycles. The Labute approximate surface area is 221 Å². The molecule has 204 valence electrons. The number of aliphatic hydroxyl groups excluding tert-OH is 1. The fourth-order valence-corrected chi connectivity index (χ4v) is 6.79. The van der Waals surface area contributed by atoms with Gasteiger partial charge in [0.2, 0.25) is 11.8 Å². The Hall–Kier alpha value is -2.54. The number of thioether (sulfide) groups is 1. The van der Waals surface area contributed by atoms with Crippen LogP contribution in [0.25, 0.3) is 0 Å². The molecule has 0 spiro atoms. The molecule has 2 saturated heterocycles. The van der Waals surface area contributed by atoms with E-state index in [0.29, 0.717) is 13.0 Å². The van der Waals surface area contributed by atoms with Gasteiger partial charge >= 0.3 is 0 Å². The number of carbonyl (C=O) groups is 3. The normalized spacial score (nSPS) is 23.9. The first-order valence-electron chi connectivity index (χ1n) is 12.8. The lowest BCUT2D eigenvalue weighted by molar-refractivity contribution is -0.385. The first-order chi connectivity index (χ1) is 17.7. The SMILES string of the molecule is CCCC(C(=O)NCCCCCC(=O)NCC(=O)c1ccccc1[N+](=O)[O-])C1SCC2C1NC(O)N2C. The molecule has 0 radical (unpaired) electrons. The Morgan fingerprint density at radius 1 is 1.24 bits per heavy atom. The molecule has 2 aliphatic heterocycles. The number of benzene rings is 1. The summed E-state index contributed by atoms with van der Waals surface area (Å²) in [6, 6.07) is 5.98. The van der Waals surface area contributed by atoms with E-state index in [4.69, 9.17) is 0 Å². The maximum atomic E-state index is 13.0. The third-order valence-corrected chi connectivity index (χ3v) is 8.58. The molecule has 2 amide bonds. The van der Waals surface area contributed by atoms with Gasteiger partial charge in [-0.25, -0.2) is 0 Å². The summed E-state index contributed by atoms with van der Waals surface area (Å²) in [6.07, 6.45) is 3.34. The van der Waals surface area contributed by atoms with Gasteiger partial charge < -0.3 is 15.7 Å². The van der Waals surface area contributed by atoms with E-state index in [0.717, 1.165) is 31.4 Å². The Balaban J connectivity index is 1.33. The molecule has 4 N–H and O–H groups in total. The molecule has 2 aliphatic rings. The zero-order chi connectivity index (χ0) is 26.9. The molecule has 0 aromatic heterocycles. The van der Waals surface area contributed by atoms with Gasteiger partial charge in [-0.3, -0.25) is 34.7 Å². The molecule has 2 heterocycles. The second-order valence-corrected chi connectivity index (χ2v) is 10.8. The van der Waals surface area contributed by atoms with Crippen molar-refractivity contribution in [1.82, 2.24) is 20.9 Å². The van der Waals surface area contributed by atoms with Crippen LogP contribution in [0.15, 0.2) is 24.3 Å². The van der Waals surface area contributed by atoms with E-state index in [-0.39, 0.29) is 59.3 Å². The number of ketones is 1. The van der Waals surface area contributed by atoms with Gasteiger partial charge in [0, 0.05) is 42.1 Å². The Bertz CT molecular complexity index is 979. The van der Waals surface area contributed by atoms with Gasteiger partial charge in [0.1, 0.15) is 0 Å². The number of nitrogens with zero attached hydrogens (tertiary/aromatic N) is 2. The number of nitrogens with one attached hydrogen (secondary N) is 3. The van der Waals surface area contributed by atoms with E-state index in [9.17, 15) is 29.6 Å². The van der Waals surface area contributed by atoms with E-state index >= 15 is 0 Å². The molecular weight excluding hydrogens is 498 g/mol. The highest BCUT2D eigenvalue weighted by Gasteiger charge is 2.50. The maximum absolute atomic E-state index is 13.0. The second-order valence-electron chi connectivity index (χ2n) is 9.57. The van der Waals surface area contributed by atoms with Gasteiger partial charge in [0.25, 0.3) is 5.69 Å². The first kappa shape index (κ1) is 29.0. The number of hydrogen-bond donors (Lipinski definition) is 4. The van der Waals surface area contributed by atoms with Gasteiger partial charge in [-0.2, -0.15) is 11.8 Å². The summed E-state index contributed by atoms with van der Waals surface area (Å²) >= 11 is 1.80. The number of hydrogen-bond acceptors (Lipinski definition) is 9. The van der Waals surface area contributed by atoms with Crippen molar-refractivity contribution in [2.45, 2.75) is 69.1 Å². The van der Waals surface area contributed by atoms with Crippen molar-refractivity contribution in [3.8, 4) is 0 Å². The van der Waals surface area contributed by atoms with E-state index in [1.165, 1.54) is 18.2 Å². The number of aliphatic hydroxyl groups is 1. The zero-order valence-corrected chi connectivity index (χ0v) is 22.2. The number of nitro groups is 1. The fourth-order valence-electron chi connectivity index (χ4n) is 4.97. The number of nitro benzene ring substituents is 1. The number of rotatable bonds is 14. The average molecular weight is 536 g/mol. The predicted molar refractivity (Wildman–Crippen MR) is 141 cm³/mol. The number of likely N-dealkylation sites (N-methyl/N-ethyl adjacent to an activating group) is 1. The predicted octanol–water partition coefficient (Wildman–Crippen LogP) is 1.65. The summed E-state index contributed by atoms with van der Waals surface area (Å²) in [5.41, 5.74) is -0.302. The average Bonchev–Trinajstić information content (AvgIpc) is 3.41. The topological polar surface area (TPSA) is 154 Å². The van der Waals surface area contributed by atoms with Crippen LogP contribution in [-0.2, 0) is 9.59 Å². The third kappa shape index (κ3) is 7.50. The number of fused-ring (bicyclic) bond motifs is 1. The Kier molecular flexibility index (Phi) is 10.9. The van der Waals surface area contributed by atoms with E-state index < -0.39 is 17.1 Å². The van der Waals surface area contributed by atoms with Crippen molar-refractivity contribution in [2.24, 2.45) is 5.92 Å². The Morgan fingerprint density at radius 3 is 2.73 bits per heavy atom. The van der Waals surface area contributed by atoms with Gasteiger partial charge in [0.15, 0.2) is 12.1 Å². The number of para-hydroxylation sites is 1. The smallest absolute Gasteiger partial charge is 0.280 e. The van der Waals surface area contributed by atoms with Crippen LogP contribution < -0.4 is 16.0 Å². The molecule has 0 saturated carbocycles. The highest BCUT2D eigenvalue weighted by molar-refractivity contribution is 8.00. The number of unbranched alkanes of at least 4 members (excludes halogenated alkanes) is 2. The van der Waals surface area contributed by atoms with Crippen LogP contribution in [0.4, 0.5) is 5.69 Å². The number of amides is 2. The molecule has 5 atom stereocenters. The van der Waals surface area contributed by atoms with Crippen molar-refractivity contribution < 1.29 is 24.4 Å². The van der Waals surface area contributed by atoms with Crippen LogP contribution in [0.1, 0.15) is 55.8 Å². The molecule has 12 heteroatoms. The molecular formula is C25H37N5O6S. The molecule has 0 bridgehead atoms. The van der Waals surface area contributed by atoms with E-state index in [1.54, 1.807) is 17.8 Å². The van der Waals surface area contributed by atoms with E-state index in [1.807, 2.05) is 11.9 Å². The minimum atomic E-state index is -0.670. The monoisotopic (exact) mass is 535 g/mol. The third-order valence-electron chi connectivity index (χ3n) is 7.04. The molecule has 2 fully saturated rings. The second kappa shape index (κ2) is 13.8. The standard InChI is InChI=1S/C25H37N5O6S/c1-3-9-17(23-22-19(15-37-23)29(2)25(34)28-22)24(33)26-13-8-4-5-12-21(32)27-14-20(31)16-10-6-7-11-18(16)30(35)36/h6-7,10-11,17,19,22-23,25,28,34H,3-5,8-9,12-15H2,1-2H3,(H,26,33)(H,27,32). The number of Topliss-reactive ketones (excluding diaryl/α,β-unsaturated/α-hetero) is 1. The van der Waals surface area contributed by atoms with Crippen LogP contribution in [0, 0.1) is 16.0 Å². The Morgan fingerprint density at radius 2 is 2.00 bits per heavy atom.